The summed E-state index contributed by atoms with van der Waals surface area (Å²) in [7, 11) is 0. The van der Waals surface area contributed by atoms with Crippen LogP contribution in [0.25, 0.3) is 0 Å². The summed E-state index contributed by atoms with van der Waals surface area (Å²) >= 11 is 11.9. The van der Waals surface area contributed by atoms with Crippen LogP contribution in [0.2, 0.25) is 10.0 Å². The first-order valence-electron chi connectivity index (χ1n) is 6.56. The maximum atomic E-state index is 11.7. The van der Waals surface area contributed by atoms with Gasteiger partial charge < -0.3 is 5.11 Å². The Labute approximate surface area is 138 Å². The molecular weight excluding hydrogens is 325 g/mol. The fourth-order valence-electron chi connectivity index (χ4n) is 1.90. The molecule has 0 radical (unpaired) electrons. The van der Waals surface area contributed by atoms with Gasteiger partial charge in [-0.3, -0.25) is 5.32 Å². The molecule has 0 saturated carbocycles. The zero-order valence-electron chi connectivity index (χ0n) is 12.1. The Morgan fingerprint density at radius 2 is 1.95 bits per heavy atom. The largest absolute Gasteiger partial charge is 0.480 e. The third kappa shape index (κ3) is 3.55. The zero-order valence-corrected chi connectivity index (χ0v) is 13.6. The highest BCUT2D eigenvalue weighted by atomic mass is 35.5. The molecule has 1 heterocycles. The Balaban J connectivity index is 2.26. The van der Waals surface area contributed by atoms with E-state index in [9.17, 15) is 9.90 Å². The second-order valence-corrected chi connectivity index (χ2v) is 5.89. The van der Waals surface area contributed by atoms with Crippen LogP contribution in [0.3, 0.4) is 0 Å². The molecule has 2 rings (SSSR count). The van der Waals surface area contributed by atoms with E-state index in [-0.39, 0.29) is 6.54 Å². The van der Waals surface area contributed by atoms with Gasteiger partial charge in [0.25, 0.3) is 0 Å². The van der Waals surface area contributed by atoms with Gasteiger partial charge in [0.15, 0.2) is 0 Å². The smallest absolute Gasteiger partial charge is 0.328 e. The zero-order chi connectivity index (χ0) is 16.3. The number of aliphatic carboxylic acids is 1. The number of rotatable bonds is 5. The van der Waals surface area contributed by atoms with Crippen molar-refractivity contribution in [2.24, 2.45) is 0 Å². The number of halogens is 2. The van der Waals surface area contributed by atoms with Crippen molar-refractivity contribution in [1.82, 2.24) is 15.5 Å². The van der Waals surface area contributed by atoms with Gasteiger partial charge in [0.2, 0.25) is 0 Å². The molecule has 0 bridgehead atoms. The van der Waals surface area contributed by atoms with E-state index < -0.39 is 11.5 Å². The number of hydrogen-bond acceptors (Lipinski definition) is 4. The van der Waals surface area contributed by atoms with Crippen molar-refractivity contribution in [3.63, 3.8) is 0 Å². The van der Waals surface area contributed by atoms with E-state index in [1.807, 2.05) is 13.0 Å². The lowest BCUT2D eigenvalue weighted by Crippen LogP contribution is -2.46. The van der Waals surface area contributed by atoms with Gasteiger partial charge in [-0.1, -0.05) is 29.3 Å². The van der Waals surface area contributed by atoms with Gasteiger partial charge in [0.05, 0.1) is 21.4 Å². The first-order chi connectivity index (χ1) is 10.3. The molecule has 0 fully saturated rings. The van der Waals surface area contributed by atoms with E-state index in [0.717, 1.165) is 5.69 Å². The van der Waals surface area contributed by atoms with Crippen LogP contribution in [0, 0.1) is 6.92 Å². The van der Waals surface area contributed by atoms with Gasteiger partial charge in [0, 0.05) is 6.54 Å². The number of nitrogens with one attached hydrogen (secondary N) is 1. The van der Waals surface area contributed by atoms with Gasteiger partial charge in [-0.05, 0) is 43.7 Å². The molecule has 2 N–H and O–H groups in total. The van der Waals surface area contributed by atoms with Gasteiger partial charge >= 0.3 is 5.97 Å². The Morgan fingerprint density at radius 3 is 2.50 bits per heavy atom. The number of carboxylic acid groups (broad SMARTS) is 1. The molecule has 5 nitrogen and oxygen atoms in total. The first-order valence-corrected chi connectivity index (χ1v) is 7.31. The summed E-state index contributed by atoms with van der Waals surface area (Å²) in [4.78, 5) is 11.7. The molecule has 116 valence electrons. The Hall–Kier alpha value is -1.69. The topological polar surface area (TPSA) is 75.1 Å². The molecule has 2 aromatic rings. The lowest BCUT2D eigenvalue weighted by molar-refractivity contribution is -0.144. The first kappa shape index (κ1) is 16.7. The van der Waals surface area contributed by atoms with Crippen LogP contribution in [0.1, 0.15) is 23.9 Å². The second-order valence-electron chi connectivity index (χ2n) is 5.08. The third-order valence-corrected chi connectivity index (χ3v) is 4.14. The van der Waals surface area contributed by atoms with Crippen molar-refractivity contribution >= 4 is 29.2 Å². The minimum atomic E-state index is -1.32. The summed E-state index contributed by atoms with van der Waals surface area (Å²) in [6.45, 7) is 3.66. The average molecular weight is 340 g/mol. The Morgan fingerprint density at radius 1 is 1.23 bits per heavy atom. The Bertz CT molecular complexity index is 692. The predicted molar refractivity (Wildman–Crippen MR) is 85.1 cm³/mol. The summed E-state index contributed by atoms with van der Waals surface area (Å²) in [5, 5.41) is 21.2. The molecule has 0 spiro atoms. The molecule has 0 aliphatic heterocycles. The van der Waals surface area contributed by atoms with E-state index in [4.69, 9.17) is 23.2 Å². The van der Waals surface area contributed by atoms with Crippen LogP contribution in [-0.4, -0.2) is 21.3 Å². The van der Waals surface area contributed by atoms with E-state index in [1.165, 1.54) is 0 Å². The monoisotopic (exact) mass is 339 g/mol. The van der Waals surface area contributed by atoms with Gasteiger partial charge in [-0.15, -0.1) is 0 Å². The van der Waals surface area contributed by atoms with Crippen LogP contribution in [0.5, 0.6) is 0 Å². The van der Waals surface area contributed by atoms with Crippen molar-refractivity contribution in [2.75, 3.05) is 0 Å². The summed E-state index contributed by atoms with van der Waals surface area (Å²) in [6, 6.07) is 8.38. The molecule has 0 aliphatic carbocycles. The summed E-state index contributed by atoms with van der Waals surface area (Å²) in [5.74, 6) is -1.02. The highest BCUT2D eigenvalue weighted by Gasteiger charge is 2.35. The number of benzene rings is 1. The number of hydrogen-bond donors (Lipinski definition) is 2. The summed E-state index contributed by atoms with van der Waals surface area (Å²) in [5.41, 5.74) is 0.641. The third-order valence-electron chi connectivity index (χ3n) is 3.40. The maximum Gasteiger partial charge on any atom is 0.328 e. The summed E-state index contributed by atoms with van der Waals surface area (Å²) < 4.78 is 0. The fourth-order valence-corrected chi connectivity index (χ4v) is 2.19. The van der Waals surface area contributed by atoms with Crippen molar-refractivity contribution < 1.29 is 9.90 Å². The SMILES string of the molecule is Cc1ccc(CNC(C)(C(=O)O)c2ccc(Cl)c(Cl)c2)nn1. The molecule has 22 heavy (non-hydrogen) atoms. The quantitative estimate of drug-likeness (QED) is 0.874. The van der Waals surface area contributed by atoms with Gasteiger partial charge in [0.1, 0.15) is 5.54 Å². The minimum Gasteiger partial charge on any atom is -0.480 e. The molecule has 1 aromatic carbocycles. The minimum absolute atomic E-state index is 0.260. The fraction of sp³-hybridized carbons (Fsp3) is 0.267. The molecule has 1 unspecified atom stereocenters. The molecule has 0 saturated heterocycles. The van der Waals surface area contributed by atoms with Crippen molar-refractivity contribution in [3.05, 3.63) is 57.3 Å². The van der Waals surface area contributed by atoms with Crippen molar-refractivity contribution in [3.8, 4) is 0 Å². The average Bonchev–Trinajstić information content (AvgIpc) is 2.49. The highest BCUT2D eigenvalue weighted by Crippen LogP contribution is 2.29. The molecule has 1 aromatic heterocycles. The Kier molecular flexibility index (Phi) is 5.01. The molecule has 7 heteroatoms. The van der Waals surface area contributed by atoms with Crippen LogP contribution in [-0.2, 0) is 16.9 Å². The lowest BCUT2D eigenvalue weighted by atomic mass is 9.92. The van der Waals surface area contributed by atoms with Gasteiger partial charge in [-0.2, -0.15) is 10.2 Å². The number of aryl methyl sites for hydroxylation is 1. The van der Waals surface area contributed by atoms with Crippen LogP contribution in [0.4, 0.5) is 0 Å². The highest BCUT2D eigenvalue weighted by molar-refractivity contribution is 6.42. The van der Waals surface area contributed by atoms with Crippen LogP contribution >= 0.6 is 23.2 Å². The number of nitrogens with zero attached hydrogens (tertiary/aromatic N) is 2. The summed E-state index contributed by atoms with van der Waals surface area (Å²) in [6.07, 6.45) is 0. The van der Waals surface area contributed by atoms with E-state index in [0.29, 0.717) is 21.3 Å². The number of carbonyl (C=O) groups is 1. The van der Waals surface area contributed by atoms with Crippen LogP contribution < -0.4 is 5.32 Å². The van der Waals surface area contributed by atoms with E-state index in [1.54, 1.807) is 31.2 Å². The standard InChI is InChI=1S/C15H15Cl2N3O2/c1-9-3-5-11(20-19-9)8-18-15(2,14(21)22)10-4-6-12(16)13(17)7-10/h3-7,18H,8H2,1-2H3,(H,21,22). The van der Waals surface area contributed by atoms with Crippen LogP contribution in [0.15, 0.2) is 30.3 Å². The maximum absolute atomic E-state index is 11.7. The normalized spacial score (nSPS) is 13.6. The van der Waals surface area contributed by atoms with E-state index >= 15 is 0 Å². The molecule has 0 amide bonds. The van der Waals surface area contributed by atoms with Gasteiger partial charge in [-0.25, -0.2) is 4.79 Å². The number of aromatic nitrogens is 2. The van der Waals surface area contributed by atoms with Crippen molar-refractivity contribution in [2.45, 2.75) is 25.9 Å². The lowest BCUT2D eigenvalue weighted by Gasteiger charge is -2.27. The molecule has 1 atom stereocenters. The predicted octanol–water partition coefficient (Wildman–Crippen LogP) is 3.18. The second kappa shape index (κ2) is 6.60. The molecule has 0 aliphatic rings. The number of carboxylic acids is 1. The molecular formula is C15H15Cl2N3O2. The van der Waals surface area contributed by atoms with E-state index in [2.05, 4.69) is 15.5 Å². The van der Waals surface area contributed by atoms with Crippen molar-refractivity contribution in [1.29, 1.82) is 0 Å².